The van der Waals surface area contributed by atoms with Crippen LogP contribution in [-0.2, 0) is 27.2 Å². The van der Waals surface area contributed by atoms with Gasteiger partial charge in [0.25, 0.3) is 0 Å². The van der Waals surface area contributed by atoms with Gasteiger partial charge in [0.2, 0.25) is 0 Å². The molecule has 0 radical (unpaired) electrons. The van der Waals surface area contributed by atoms with Crippen molar-refractivity contribution in [2.24, 2.45) is 11.7 Å². The average molecular weight is 365 g/mol. The molecule has 146 valence electrons. The molecule has 0 fully saturated rings. The molecule has 2 unspecified atom stereocenters. The van der Waals surface area contributed by atoms with E-state index in [1.54, 1.807) is 0 Å². The number of carbonyl (C=O) groups excluding carboxylic acids is 1. The Balaban J connectivity index is 2.27. The van der Waals surface area contributed by atoms with Crippen LogP contribution in [0.25, 0.3) is 0 Å². The van der Waals surface area contributed by atoms with Gasteiger partial charge in [-0.1, -0.05) is 49.9 Å². The molecule has 1 aromatic carbocycles. The predicted octanol–water partition coefficient (Wildman–Crippen LogP) is 2.31. The smallest absolute Gasteiger partial charge is 0.320 e. The van der Waals surface area contributed by atoms with Gasteiger partial charge in [0, 0.05) is 6.04 Å². The van der Waals surface area contributed by atoms with E-state index in [4.69, 9.17) is 15.9 Å². The van der Waals surface area contributed by atoms with E-state index in [0.29, 0.717) is 19.3 Å². The maximum absolute atomic E-state index is 11.4. The van der Waals surface area contributed by atoms with Crippen LogP contribution in [0.4, 0.5) is 0 Å². The standard InChI is InChI=1S/C20H31NO5/c1-26-20(25)18(19(23)24)12-6-4-2-3-5-9-15-10-7-8-11-16(15)13-17(21)14-22/h7-8,10-11,17-18,22H,2-6,9,12-14,21H2,1H3,(H,23,24). The Morgan fingerprint density at radius 1 is 1.08 bits per heavy atom. The number of carboxylic acids is 1. The van der Waals surface area contributed by atoms with Crippen LogP contribution in [0.2, 0.25) is 0 Å². The first-order chi connectivity index (χ1) is 12.5. The van der Waals surface area contributed by atoms with Gasteiger partial charge in [0.15, 0.2) is 5.92 Å². The first-order valence-electron chi connectivity index (χ1n) is 9.23. The number of aryl methyl sites for hydroxylation is 1. The van der Waals surface area contributed by atoms with Gasteiger partial charge < -0.3 is 20.7 Å². The Labute approximate surface area is 155 Å². The lowest BCUT2D eigenvalue weighted by molar-refractivity contribution is -0.157. The van der Waals surface area contributed by atoms with E-state index in [1.807, 2.05) is 12.1 Å². The molecular weight excluding hydrogens is 334 g/mol. The number of unbranched alkanes of at least 4 members (excludes halogenated alkanes) is 4. The third kappa shape index (κ3) is 7.97. The first-order valence-corrected chi connectivity index (χ1v) is 9.23. The highest BCUT2D eigenvalue weighted by atomic mass is 16.5. The first kappa shape index (κ1) is 22.1. The van der Waals surface area contributed by atoms with E-state index < -0.39 is 17.9 Å². The number of carboxylic acid groups (broad SMARTS) is 1. The number of hydrogen-bond donors (Lipinski definition) is 3. The van der Waals surface area contributed by atoms with Crippen molar-refractivity contribution in [1.82, 2.24) is 0 Å². The van der Waals surface area contributed by atoms with E-state index in [0.717, 1.165) is 32.1 Å². The fraction of sp³-hybridized carbons (Fsp3) is 0.600. The van der Waals surface area contributed by atoms with Gasteiger partial charge in [0.1, 0.15) is 0 Å². The summed E-state index contributed by atoms with van der Waals surface area (Å²) in [4.78, 5) is 22.4. The number of aliphatic carboxylic acids is 1. The van der Waals surface area contributed by atoms with Crippen LogP contribution < -0.4 is 5.73 Å². The van der Waals surface area contributed by atoms with E-state index in [9.17, 15) is 9.59 Å². The van der Waals surface area contributed by atoms with E-state index in [1.165, 1.54) is 18.2 Å². The zero-order valence-electron chi connectivity index (χ0n) is 15.5. The molecule has 0 spiro atoms. The molecule has 0 saturated carbocycles. The lowest BCUT2D eigenvalue weighted by Gasteiger charge is -2.13. The lowest BCUT2D eigenvalue weighted by Crippen LogP contribution is -2.27. The van der Waals surface area contributed by atoms with Gasteiger partial charge in [-0.25, -0.2) is 0 Å². The number of nitrogens with two attached hydrogens (primary N) is 1. The molecule has 0 bridgehead atoms. The van der Waals surface area contributed by atoms with Crippen LogP contribution >= 0.6 is 0 Å². The second-order valence-corrected chi connectivity index (χ2v) is 6.64. The fourth-order valence-corrected chi connectivity index (χ4v) is 3.03. The predicted molar refractivity (Wildman–Crippen MR) is 99.8 cm³/mol. The molecule has 6 nitrogen and oxygen atoms in total. The number of aliphatic hydroxyl groups excluding tert-OH is 1. The third-order valence-corrected chi connectivity index (χ3v) is 4.56. The molecule has 1 aromatic rings. The number of hydrogen-bond acceptors (Lipinski definition) is 5. The van der Waals surface area contributed by atoms with Gasteiger partial charge >= 0.3 is 11.9 Å². The van der Waals surface area contributed by atoms with Crippen LogP contribution in [0.3, 0.4) is 0 Å². The number of carbonyl (C=O) groups is 2. The summed E-state index contributed by atoms with van der Waals surface area (Å²) in [6.45, 7) is -0.0166. The van der Waals surface area contributed by atoms with Crippen molar-refractivity contribution in [2.45, 2.75) is 57.4 Å². The third-order valence-electron chi connectivity index (χ3n) is 4.56. The van der Waals surface area contributed by atoms with Crippen LogP contribution in [0.5, 0.6) is 0 Å². The van der Waals surface area contributed by atoms with E-state index >= 15 is 0 Å². The maximum atomic E-state index is 11.4. The van der Waals surface area contributed by atoms with Crippen LogP contribution in [0, 0.1) is 5.92 Å². The summed E-state index contributed by atoms with van der Waals surface area (Å²) in [7, 11) is 1.21. The lowest BCUT2D eigenvalue weighted by atomic mass is 9.96. The zero-order chi connectivity index (χ0) is 19.4. The highest BCUT2D eigenvalue weighted by Crippen LogP contribution is 2.17. The molecular formula is C20H31NO5. The molecule has 0 amide bonds. The van der Waals surface area contributed by atoms with Crippen molar-refractivity contribution in [2.75, 3.05) is 13.7 Å². The Kier molecular flexibility index (Phi) is 10.6. The molecule has 0 heterocycles. The van der Waals surface area contributed by atoms with Gasteiger partial charge in [-0.15, -0.1) is 0 Å². The van der Waals surface area contributed by atoms with Crippen molar-refractivity contribution in [3.05, 3.63) is 35.4 Å². The molecule has 0 saturated heterocycles. The summed E-state index contributed by atoms with van der Waals surface area (Å²) in [5.74, 6) is -2.84. The molecule has 2 atom stereocenters. The molecule has 4 N–H and O–H groups in total. The largest absolute Gasteiger partial charge is 0.481 e. The Morgan fingerprint density at radius 2 is 1.69 bits per heavy atom. The molecule has 26 heavy (non-hydrogen) atoms. The maximum Gasteiger partial charge on any atom is 0.320 e. The highest BCUT2D eigenvalue weighted by molar-refractivity contribution is 5.93. The monoisotopic (exact) mass is 365 g/mol. The minimum Gasteiger partial charge on any atom is -0.481 e. The minimum absolute atomic E-state index is 0.0166. The van der Waals surface area contributed by atoms with Crippen LogP contribution in [0.1, 0.15) is 49.7 Å². The molecule has 0 aliphatic carbocycles. The van der Waals surface area contributed by atoms with Gasteiger partial charge in [-0.05, 0) is 36.8 Å². The van der Waals surface area contributed by atoms with Crippen LogP contribution in [-0.4, -0.2) is 41.9 Å². The Morgan fingerprint density at radius 3 is 2.31 bits per heavy atom. The Hall–Kier alpha value is -1.92. The fourth-order valence-electron chi connectivity index (χ4n) is 3.03. The molecule has 0 aromatic heterocycles. The van der Waals surface area contributed by atoms with Crippen molar-refractivity contribution in [3.8, 4) is 0 Å². The zero-order valence-corrected chi connectivity index (χ0v) is 15.5. The SMILES string of the molecule is COC(=O)C(CCCCCCCc1ccccc1CC(N)CO)C(=O)O. The summed E-state index contributed by atoms with van der Waals surface area (Å²) in [5, 5.41) is 18.1. The summed E-state index contributed by atoms with van der Waals surface area (Å²) in [6.07, 6.45) is 6.67. The topological polar surface area (TPSA) is 110 Å². The van der Waals surface area contributed by atoms with Crippen molar-refractivity contribution in [1.29, 1.82) is 0 Å². The summed E-state index contributed by atoms with van der Waals surface area (Å²) in [5.41, 5.74) is 8.30. The Bertz CT molecular complexity index is 561. The summed E-state index contributed by atoms with van der Waals surface area (Å²) in [6, 6.07) is 7.94. The van der Waals surface area contributed by atoms with Crippen molar-refractivity contribution in [3.63, 3.8) is 0 Å². The average Bonchev–Trinajstić information content (AvgIpc) is 2.64. The number of rotatable bonds is 13. The number of esters is 1. The van der Waals surface area contributed by atoms with Crippen LogP contribution in [0.15, 0.2) is 24.3 Å². The summed E-state index contributed by atoms with van der Waals surface area (Å²) < 4.78 is 4.52. The molecule has 1 rings (SSSR count). The van der Waals surface area contributed by atoms with Gasteiger partial charge in [0.05, 0.1) is 13.7 Å². The normalized spacial score (nSPS) is 13.2. The van der Waals surface area contributed by atoms with E-state index in [-0.39, 0.29) is 12.6 Å². The minimum atomic E-state index is -1.12. The highest BCUT2D eigenvalue weighted by Gasteiger charge is 2.26. The molecule has 0 aliphatic heterocycles. The molecule has 0 aliphatic rings. The second kappa shape index (κ2) is 12.4. The number of benzene rings is 1. The number of aliphatic hydroxyl groups is 1. The molecule has 6 heteroatoms. The van der Waals surface area contributed by atoms with Gasteiger partial charge in [-0.2, -0.15) is 0 Å². The van der Waals surface area contributed by atoms with Crippen molar-refractivity contribution >= 4 is 11.9 Å². The van der Waals surface area contributed by atoms with Crippen molar-refractivity contribution < 1.29 is 24.5 Å². The second-order valence-electron chi connectivity index (χ2n) is 6.64. The summed E-state index contributed by atoms with van der Waals surface area (Å²) >= 11 is 0. The number of methoxy groups -OCH3 is 1. The van der Waals surface area contributed by atoms with Gasteiger partial charge in [-0.3, -0.25) is 9.59 Å². The van der Waals surface area contributed by atoms with E-state index in [2.05, 4.69) is 16.9 Å². The quantitative estimate of drug-likeness (QED) is 0.281. The number of ether oxygens (including phenoxy) is 1.